The van der Waals surface area contributed by atoms with Gasteiger partial charge in [-0.3, -0.25) is 0 Å². The molecule has 0 radical (unpaired) electrons. The summed E-state index contributed by atoms with van der Waals surface area (Å²) in [6.07, 6.45) is 1.61. The maximum Gasteiger partial charge on any atom is 0.119 e. The van der Waals surface area contributed by atoms with E-state index in [-0.39, 0.29) is 12.2 Å². The Morgan fingerprint density at radius 1 is 1.40 bits per heavy atom. The van der Waals surface area contributed by atoms with Gasteiger partial charge in [-0.05, 0) is 30.5 Å². The number of aliphatic hydroxyl groups is 1. The summed E-state index contributed by atoms with van der Waals surface area (Å²) >= 11 is 0. The van der Waals surface area contributed by atoms with E-state index in [0.29, 0.717) is 6.61 Å². The van der Waals surface area contributed by atoms with E-state index in [0.717, 1.165) is 24.2 Å². The molecule has 3 nitrogen and oxygen atoms in total. The highest BCUT2D eigenvalue weighted by Gasteiger charge is 2.27. The smallest absolute Gasteiger partial charge is 0.119 e. The molecule has 0 aliphatic heterocycles. The Kier molecular flexibility index (Phi) is 3.23. The molecule has 1 aliphatic rings. The molecule has 1 N–H and O–H groups in total. The first-order chi connectivity index (χ1) is 7.28. The summed E-state index contributed by atoms with van der Waals surface area (Å²) in [5.74, 6) is 0.852. The number of hydrogen-bond acceptors (Lipinski definition) is 3. The molecule has 0 spiro atoms. The van der Waals surface area contributed by atoms with Crippen molar-refractivity contribution in [2.75, 3.05) is 7.11 Å². The third-order valence-corrected chi connectivity index (χ3v) is 2.69. The molecule has 1 aromatic carbocycles. The second-order valence-corrected chi connectivity index (χ2v) is 3.91. The molecule has 15 heavy (non-hydrogen) atoms. The maximum atomic E-state index is 9.10. The lowest BCUT2D eigenvalue weighted by Crippen LogP contribution is -2.35. The first kappa shape index (κ1) is 10.5. The van der Waals surface area contributed by atoms with Gasteiger partial charge in [-0.25, -0.2) is 0 Å². The maximum absolute atomic E-state index is 9.10. The zero-order valence-electron chi connectivity index (χ0n) is 8.85. The van der Waals surface area contributed by atoms with Gasteiger partial charge in [0, 0.05) is 0 Å². The van der Waals surface area contributed by atoms with Crippen molar-refractivity contribution in [3.8, 4) is 5.75 Å². The molecule has 82 valence electrons. The van der Waals surface area contributed by atoms with Crippen LogP contribution in [0.15, 0.2) is 24.3 Å². The molecule has 1 aromatic rings. The van der Waals surface area contributed by atoms with Gasteiger partial charge >= 0.3 is 0 Å². The second-order valence-electron chi connectivity index (χ2n) is 3.91. The van der Waals surface area contributed by atoms with Crippen LogP contribution in [0.3, 0.4) is 0 Å². The highest BCUT2D eigenvalue weighted by Crippen LogP contribution is 2.24. The van der Waals surface area contributed by atoms with Gasteiger partial charge in [-0.1, -0.05) is 12.1 Å². The summed E-state index contributed by atoms with van der Waals surface area (Å²) in [5, 5.41) is 9.10. The van der Waals surface area contributed by atoms with Crippen LogP contribution in [-0.2, 0) is 11.3 Å². The minimum Gasteiger partial charge on any atom is -0.497 e. The highest BCUT2D eigenvalue weighted by molar-refractivity contribution is 5.27. The van der Waals surface area contributed by atoms with Crippen molar-refractivity contribution in [3.63, 3.8) is 0 Å². The van der Waals surface area contributed by atoms with Crippen molar-refractivity contribution in [1.29, 1.82) is 0 Å². The molecule has 0 amide bonds. The molecule has 0 atom stereocenters. The Hall–Kier alpha value is -1.06. The Morgan fingerprint density at radius 2 is 2.20 bits per heavy atom. The molecule has 0 aromatic heterocycles. The lowest BCUT2D eigenvalue weighted by molar-refractivity contribution is -0.0778. The number of hydrogen-bond donors (Lipinski definition) is 1. The molecule has 3 heteroatoms. The van der Waals surface area contributed by atoms with E-state index in [9.17, 15) is 0 Å². The lowest BCUT2D eigenvalue weighted by Gasteiger charge is -2.31. The third-order valence-electron chi connectivity index (χ3n) is 2.69. The van der Waals surface area contributed by atoms with Crippen LogP contribution in [0.1, 0.15) is 18.4 Å². The van der Waals surface area contributed by atoms with Crippen molar-refractivity contribution in [2.45, 2.75) is 31.7 Å². The summed E-state index contributed by atoms with van der Waals surface area (Å²) in [6, 6.07) is 7.84. The van der Waals surface area contributed by atoms with Crippen molar-refractivity contribution in [3.05, 3.63) is 29.8 Å². The summed E-state index contributed by atoms with van der Waals surface area (Å²) in [7, 11) is 1.66. The number of methoxy groups -OCH3 is 1. The Balaban J connectivity index is 1.82. The number of ether oxygens (including phenoxy) is 2. The van der Waals surface area contributed by atoms with Crippen LogP contribution in [0.5, 0.6) is 5.75 Å². The molecule has 0 heterocycles. The Labute approximate surface area is 89.6 Å². The largest absolute Gasteiger partial charge is 0.497 e. The predicted octanol–water partition coefficient (Wildman–Crippen LogP) is 1.74. The van der Waals surface area contributed by atoms with Crippen LogP contribution in [-0.4, -0.2) is 24.4 Å². The van der Waals surface area contributed by atoms with Gasteiger partial charge in [-0.15, -0.1) is 0 Å². The first-order valence-corrected chi connectivity index (χ1v) is 5.20. The molecule has 1 aliphatic carbocycles. The molecule has 1 fully saturated rings. The molecular weight excluding hydrogens is 192 g/mol. The molecule has 0 unspecified atom stereocenters. The van der Waals surface area contributed by atoms with E-state index in [1.165, 1.54) is 0 Å². The quantitative estimate of drug-likeness (QED) is 0.819. The SMILES string of the molecule is COc1cccc(COC2CC(O)C2)c1. The summed E-state index contributed by atoms with van der Waals surface area (Å²) < 4.78 is 10.7. The van der Waals surface area contributed by atoms with Gasteiger partial charge in [0.1, 0.15) is 5.75 Å². The zero-order chi connectivity index (χ0) is 10.7. The minimum atomic E-state index is -0.152. The van der Waals surface area contributed by atoms with Crippen LogP contribution in [0.2, 0.25) is 0 Å². The van der Waals surface area contributed by atoms with Crippen LogP contribution in [0, 0.1) is 0 Å². The van der Waals surface area contributed by atoms with Crippen molar-refractivity contribution in [1.82, 2.24) is 0 Å². The minimum absolute atomic E-state index is 0.152. The number of rotatable bonds is 4. The Bertz CT molecular complexity index is 318. The zero-order valence-corrected chi connectivity index (χ0v) is 8.85. The fraction of sp³-hybridized carbons (Fsp3) is 0.500. The van der Waals surface area contributed by atoms with Gasteiger partial charge in [0.2, 0.25) is 0 Å². The Morgan fingerprint density at radius 3 is 2.87 bits per heavy atom. The molecular formula is C12H16O3. The number of benzene rings is 1. The van der Waals surface area contributed by atoms with Crippen LogP contribution in [0.25, 0.3) is 0 Å². The van der Waals surface area contributed by atoms with Crippen LogP contribution < -0.4 is 4.74 Å². The normalized spacial score (nSPS) is 24.7. The lowest BCUT2D eigenvalue weighted by atomic mass is 9.92. The average Bonchev–Trinajstić information content (AvgIpc) is 2.23. The van der Waals surface area contributed by atoms with Crippen molar-refractivity contribution < 1.29 is 14.6 Å². The van der Waals surface area contributed by atoms with Gasteiger partial charge in [0.05, 0.1) is 25.9 Å². The van der Waals surface area contributed by atoms with E-state index in [2.05, 4.69) is 0 Å². The second kappa shape index (κ2) is 4.64. The topological polar surface area (TPSA) is 38.7 Å². The predicted molar refractivity (Wildman–Crippen MR) is 56.8 cm³/mol. The summed E-state index contributed by atoms with van der Waals surface area (Å²) in [4.78, 5) is 0. The summed E-state index contributed by atoms with van der Waals surface area (Å²) in [5.41, 5.74) is 1.11. The van der Waals surface area contributed by atoms with Crippen LogP contribution >= 0.6 is 0 Å². The van der Waals surface area contributed by atoms with E-state index in [1.54, 1.807) is 7.11 Å². The third kappa shape index (κ3) is 2.70. The van der Waals surface area contributed by atoms with E-state index in [1.807, 2.05) is 24.3 Å². The number of aliphatic hydroxyl groups excluding tert-OH is 1. The standard InChI is InChI=1S/C12H16O3/c1-14-11-4-2-3-9(5-11)8-15-12-6-10(13)7-12/h2-5,10,12-13H,6-8H2,1H3. The first-order valence-electron chi connectivity index (χ1n) is 5.20. The molecule has 0 bridgehead atoms. The molecule has 0 saturated heterocycles. The van der Waals surface area contributed by atoms with E-state index >= 15 is 0 Å². The van der Waals surface area contributed by atoms with Gasteiger partial charge < -0.3 is 14.6 Å². The fourth-order valence-electron chi connectivity index (χ4n) is 1.65. The molecule has 2 rings (SSSR count). The van der Waals surface area contributed by atoms with Gasteiger partial charge in [0.25, 0.3) is 0 Å². The monoisotopic (exact) mass is 208 g/mol. The van der Waals surface area contributed by atoms with Crippen molar-refractivity contribution in [2.24, 2.45) is 0 Å². The molecule has 1 saturated carbocycles. The summed E-state index contributed by atoms with van der Waals surface area (Å²) in [6.45, 7) is 0.592. The fourth-order valence-corrected chi connectivity index (χ4v) is 1.65. The average molecular weight is 208 g/mol. The highest BCUT2D eigenvalue weighted by atomic mass is 16.5. The van der Waals surface area contributed by atoms with E-state index < -0.39 is 0 Å². The van der Waals surface area contributed by atoms with Crippen LogP contribution in [0.4, 0.5) is 0 Å². The van der Waals surface area contributed by atoms with Gasteiger partial charge in [0.15, 0.2) is 0 Å². The van der Waals surface area contributed by atoms with Gasteiger partial charge in [-0.2, -0.15) is 0 Å². The van der Waals surface area contributed by atoms with Crippen molar-refractivity contribution >= 4 is 0 Å². The van der Waals surface area contributed by atoms with E-state index in [4.69, 9.17) is 14.6 Å².